The summed E-state index contributed by atoms with van der Waals surface area (Å²) in [5.74, 6) is 2.27. The molecule has 0 aliphatic carbocycles. The van der Waals surface area contributed by atoms with E-state index in [0.29, 0.717) is 37.5 Å². The van der Waals surface area contributed by atoms with Gasteiger partial charge < -0.3 is 29.5 Å². The Hall–Kier alpha value is -4.21. The third kappa shape index (κ3) is 10.2. The molecule has 3 rings (SSSR count). The van der Waals surface area contributed by atoms with Crippen molar-refractivity contribution >= 4 is 29.5 Å². The lowest BCUT2D eigenvalue weighted by atomic mass is 10.0. The van der Waals surface area contributed by atoms with E-state index < -0.39 is 36.4 Å². The fourth-order valence-electron chi connectivity index (χ4n) is 4.64. The third-order valence-electron chi connectivity index (χ3n) is 6.73. The van der Waals surface area contributed by atoms with Crippen molar-refractivity contribution in [3.63, 3.8) is 0 Å². The van der Waals surface area contributed by atoms with Gasteiger partial charge in [-0.15, -0.1) is 6.42 Å². The molecule has 1 saturated heterocycles. The molecule has 0 spiro atoms. The molecule has 1 aromatic heterocycles. The van der Waals surface area contributed by atoms with Gasteiger partial charge in [-0.1, -0.05) is 18.1 Å². The number of amides is 1. The van der Waals surface area contributed by atoms with Crippen molar-refractivity contribution in [1.82, 2.24) is 14.9 Å². The van der Waals surface area contributed by atoms with Gasteiger partial charge in [-0.2, -0.15) is 18.2 Å². The Balaban J connectivity index is 1.96. The Morgan fingerprint density at radius 1 is 1.09 bits per heavy atom. The van der Waals surface area contributed by atoms with Gasteiger partial charge in [0.2, 0.25) is 5.95 Å². The molecule has 1 aliphatic heterocycles. The van der Waals surface area contributed by atoms with Crippen LogP contribution < -0.4 is 19.9 Å². The van der Waals surface area contributed by atoms with Crippen LogP contribution in [0.2, 0.25) is 0 Å². The van der Waals surface area contributed by atoms with Crippen molar-refractivity contribution < 1.29 is 32.2 Å². The summed E-state index contributed by atoms with van der Waals surface area (Å²) in [6.45, 7) is 9.67. The maximum atomic E-state index is 13.5. The average Bonchev–Trinajstić information content (AvgIpc) is 3.48. The minimum absolute atomic E-state index is 0.00564. The molecule has 10 nitrogen and oxygen atoms in total. The number of aromatic nitrogens is 2. The average molecular weight is 619 g/mol. The van der Waals surface area contributed by atoms with Gasteiger partial charge in [-0.3, -0.25) is 0 Å². The zero-order valence-electron chi connectivity index (χ0n) is 25.9. The number of esters is 1. The molecule has 1 amide bonds. The highest BCUT2D eigenvalue weighted by Gasteiger charge is 2.33. The summed E-state index contributed by atoms with van der Waals surface area (Å²) in [6.07, 6.45) is 3.69. The molecule has 0 saturated carbocycles. The lowest BCUT2D eigenvalue weighted by molar-refractivity contribution is -0.155. The van der Waals surface area contributed by atoms with Crippen LogP contribution in [0.5, 0.6) is 5.75 Å². The van der Waals surface area contributed by atoms with E-state index in [0.717, 1.165) is 17.7 Å². The van der Waals surface area contributed by atoms with E-state index in [1.807, 2.05) is 18.7 Å². The predicted molar refractivity (Wildman–Crippen MR) is 163 cm³/mol. The van der Waals surface area contributed by atoms with Crippen molar-refractivity contribution in [1.29, 1.82) is 0 Å². The van der Waals surface area contributed by atoms with Crippen LogP contribution in [0.15, 0.2) is 30.5 Å². The first kappa shape index (κ1) is 34.3. The minimum atomic E-state index is -4.56. The number of alkyl halides is 3. The first-order chi connectivity index (χ1) is 20.7. The number of rotatable bonds is 12. The monoisotopic (exact) mass is 618 g/mol. The van der Waals surface area contributed by atoms with E-state index in [2.05, 4.69) is 21.2 Å². The fraction of sp³-hybridized carbons (Fsp3) is 0.548. The van der Waals surface area contributed by atoms with Gasteiger partial charge in [0.1, 0.15) is 23.9 Å². The number of hydrogen-bond donors (Lipinski definition) is 1. The Kier molecular flexibility index (Phi) is 11.7. The molecule has 0 radical (unpaired) electrons. The number of benzene rings is 1. The van der Waals surface area contributed by atoms with Crippen LogP contribution in [0.25, 0.3) is 0 Å². The van der Waals surface area contributed by atoms with E-state index in [9.17, 15) is 22.8 Å². The summed E-state index contributed by atoms with van der Waals surface area (Å²) in [4.78, 5) is 39.1. The molecular weight excluding hydrogens is 577 g/mol. The van der Waals surface area contributed by atoms with E-state index in [1.165, 1.54) is 6.20 Å². The van der Waals surface area contributed by atoms with Crippen molar-refractivity contribution in [3.8, 4) is 18.1 Å². The van der Waals surface area contributed by atoms with E-state index in [4.69, 9.17) is 15.9 Å². The lowest BCUT2D eigenvalue weighted by Crippen LogP contribution is -2.40. The smallest absolute Gasteiger partial charge is 0.415 e. The Morgan fingerprint density at radius 3 is 2.27 bits per heavy atom. The van der Waals surface area contributed by atoms with Crippen molar-refractivity contribution in [2.24, 2.45) is 0 Å². The van der Waals surface area contributed by atoms with Crippen LogP contribution in [0.1, 0.15) is 53.0 Å². The number of carbonyl (C=O) groups is 2. The number of nitrogens with one attached hydrogen (secondary N) is 1. The second kappa shape index (κ2) is 15.0. The van der Waals surface area contributed by atoms with Gasteiger partial charge in [-0.25, -0.2) is 14.6 Å². The second-order valence-electron chi connectivity index (χ2n) is 11.4. The molecular formula is C31H41F3N6O4. The standard InChI is InChI=1S/C31H41F3N6O4/c1-7-16-40(21-31(32,33)34)25-20-35-28(38(8-2)9-3)37-26(25)36-24(27(41)44-30(4,5)6)19-22-12-14-23(15-13-22)43-29(42)39-17-10-11-18-39/h1,12-15,20,24H,8-11,16-19,21H2,2-6H3,(H,35,36,37)/t24-/m0/s1. The number of halogens is 3. The van der Waals surface area contributed by atoms with Crippen molar-refractivity contribution in [2.75, 3.05) is 54.4 Å². The van der Waals surface area contributed by atoms with Gasteiger partial charge in [0.05, 0.1) is 18.4 Å². The van der Waals surface area contributed by atoms with Gasteiger partial charge in [0.15, 0.2) is 5.82 Å². The summed E-state index contributed by atoms with van der Waals surface area (Å²) in [5, 5.41) is 3.05. The first-order valence-electron chi connectivity index (χ1n) is 14.6. The summed E-state index contributed by atoms with van der Waals surface area (Å²) in [5.41, 5.74) is -0.157. The number of hydrogen-bond acceptors (Lipinski definition) is 9. The highest BCUT2D eigenvalue weighted by atomic mass is 19.4. The van der Waals surface area contributed by atoms with Crippen molar-refractivity contribution in [2.45, 2.75) is 71.7 Å². The largest absolute Gasteiger partial charge is 0.458 e. The predicted octanol–water partition coefficient (Wildman–Crippen LogP) is 5.28. The maximum absolute atomic E-state index is 13.5. The molecule has 2 aromatic rings. The van der Waals surface area contributed by atoms with Crippen LogP contribution in [0.4, 0.5) is 35.4 Å². The molecule has 13 heteroatoms. The van der Waals surface area contributed by atoms with E-state index in [1.54, 1.807) is 49.9 Å². The Morgan fingerprint density at radius 2 is 1.73 bits per heavy atom. The molecule has 0 bridgehead atoms. The van der Waals surface area contributed by atoms with Gasteiger partial charge in [-0.05, 0) is 65.2 Å². The fourth-order valence-corrected chi connectivity index (χ4v) is 4.64. The number of nitrogens with zero attached hydrogens (tertiary/aromatic N) is 5. The normalized spacial score (nSPS) is 14.0. The van der Waals surface area contributed by atoms with E-state index >= 15 is 0 Å². The summed E-state index contributed by atoms with van der Waals surface area (Å²) in [6, 6.07) is 5.62. The van der Waals surface area contributed by atoms with Crippen LogP contribution in [-0.2, 0) is 16.0 Å². The lowest BCUT2D eigenvalue weighted by Gasteiger charge is -2.29. The van der Waals surface area contributed by atoms with Crippen LogP contribution in [-0.4, -0.2) is 84.0 Å². The van der Waals surface area contributed by atoms with Crippen molar-refractivity contribution in [3.05, 3.63) is 36.0 Å². The molecule has 1 N–H and O–H groups in total. The highest BCUT2D eigenvalue weighted by molar-refractivity contribution is 5.82. The number of terminal acetylenes is 1. The minimum Gasteiger partial charge on any atom is -0.458 e. The number of carbonyl (C=O) groups excluding carboxylic acids is 2. The summed E-state index contributed by atoms with van der Waals surface area (Å²) in [7, 11) is 0. The molecule has 44 heavy (non-hydrogen) atoms. The Labute approximate surface area is 256 Å². The molecule has 1 aromatic carbocycles. The molecule has 1 fully saturated rings. The highest BCUT2D eigenvalue weighted by Crippen LogP contribution is 2.30. The maximum Gasteiger partial charge on any atom is 0.415 e. The summed E-state index contributed by atoms with van der Waals surface area (Å²) >= 11 is 0. The topological polar surface area (TPSA) is 100 Å². The van der Waals surface area contributed by atoms with Crippen LogP contribution >= 0.6 is 0 Å². The number of likely N-dealkylation sites (tertiary alicyclic amines) is 1. The molecule has 240 valence electrons. The van der Waals surface area contributed by atoms with Gasteiger partial charge >= 0.3 is 18.2 Å². The summed E-state index contributed by atoms with van der Waals surface area (Å²) < 4.78 is 51.8. The molecule has 0 unspecified atom stereocenters. The first-order valence-corrected chi connectivity index (χ1v) is 14.6. The zero-order valence-corrected chi connectivity index (χ0v) is 25.9. The molecule has 1 atom stereocenters. The van der Waals surface area contributed by atoms with Crippen LogP contribution in [0.3, 0.4) is 0 Å². The van der Waals surface area contributed by atoms with E-state index in [-0.39, 0.29) is 30.4 Å². The number of anilines is 3. The Bertz CT molecular complexity index is 1300. The third-order valence-corrected chi connectivity index (χ3v) is 6.73. The number of ether oxygens (including phenoxy) is 2. The molecule has 2 heterocycles. The van der Waals surface area contributed by atoms with Gasteiger partial charge in [0.25, 0.3) is 0 Å². The van der Waals surface area contributed by atoms with Gasteiger partial charge in [0, 0.05) is 32.6 Å². The zero-order chi connectivity index (χ0) is 32.5. The quantitative estimate of drug-likeness (QED) is 0.252. The molecule has 1 aliphatic rings. The van der Waals surface area contributed by atoms with Crippen LogP contribution in [0, 0.1) is 12.3 Å². The SMILES string of the molecule is C#CCN(CC(F)(F)F)c1cnc(N(CC)CC)nc1N[C@@H](Cc1ccc(OC(=O)N2CCCC2)cc1)C(=O)OC(C)(C)C. The second-order valence-corrected chi connectivity index (χ2v) is 11.4.